The predicted molar refractivity (Wildman–Crippen MR) is 40.8 cm³/mol. The second-order valence-electron chi connectivity index (χ2n) is 3.15. The van der Waals surface area contributed by atoms with Crippen molar-refractivity contribution in [2.45, 2.75) is 32.0 Å². The van der Waals surface area contributed by atoms with Crippen molar-refractivity contribution in [1.29, 1.82) is 0 Å². The summed E-state index contributed by atoms with van der Waals surface area (Å²) in [6, 6.07) is 0. The van der Waals surface area contributed by atoms with Gasteiger partial charge in [-0.25, -0.2) is 0 Å². The molecule has 0 bridgehead atoms. The lowest BCUT2D eigenvalue weighted by molar-refractivity contribution is 0.357. The van der Waals surface area contributed by atoms with E-state index in [1.54, 1.807) is 0 Å². The first-order valence-electron chi connectivity index (χ1n) is 3.82. The molecule has 0 saturated carbocycles. The highest BCUT2D eigenvalue weighted by molar-refractivity contribution is 5.36. The molecule has 0 aromatic rings. The SMILES string of the molecule is CCC1=CC2OC2(C)C=C1. The Morgan fingerprint density at radius 2 is 2.50 bits per heavy atom. The van der Waals surface area contributed by atoms with Gasteiger partial charge in [0.15, 0.2) is 0 Å². The summed E-state index contributed by atoms with van der Waals surface area (Å²) in [6.07, 6.45) is 8.05. The van der Waals surface area contributed by atoms with E-state index < -0.39 is 0 Å². The van der Waals surface area contributed by atoms with Gasteiger partial charge in [-0.3, -0.25) is 0 Å². The molecule has 1 aliphatic heterocycles. The highest BCUT2D eigenvalue weighted by Crippen LogP contribution is 2.42. The molecule has 1 aliphatic carbocycles. The standard InChI is InChI=1S/C9H12O/c1-3-7-4-5-9(2)8(6-7)10-9/h4-6,8H,3H2,1-2H3. The van der Waals surface area contributed by atoms with Crippen LogP contribution in [0, 0.1) is 0 Å². The lowest BCUT2D eigenvalue weighted by Crippen LogP contribution is -2.07. The highest BCUT2D eigenvalue weighted by Gasteiger charge is 2.49. The number of epoxide rings is 1. The van der Waals surface area contributed by atoms with Crippen LogP contribution in [0.15, 0.2) is 23.8 Å². The lowest BCUT2D eigenvalue weighted by atomic mass is 9.97. The Balaban J connectivity index is 2.20. The number of fused-ring (bicyclic) bond motifs is 1. The third-order valence-corrected chi connectivity index (χ3v) is 2.29. The number of hydrogen-bond acceptors (Lipinski definition) is 1. The summed E-state index contributed by atoms with van der Waals surface area (Å²) >= 11 is 0. The first-order valence-corrected chi connectivity index (χ1v) is 3.82. The molecular formula is C9H12O. The molecule has 2 rings (SSSR count). The average molecular weight is 136 g/mol. The van der Waals surface area contributed by atoms with E-state index in [9.17, 15) is 0 Å². The Kier molecular flexibility index (Phi) is 1.07. The van der Waals surface area contributed by atoms with E-state index in [0.29, 0.717) is 6.10 Å². The number of rotatable bonds is 1. The van der Waals surface area contributed by atoms with E-state index in [1.807, 2.05) is 0 Å². The van der Waals surface area contributed by atoms with Crippen LogP contribution in [-0.4, -0.2) is 11.7 Å². The van der Waals surface area contributed by atoms with E-state index in [1.165, 1.54) is 5.57 Å². The van der Waals surface area contributed by atoms with E-state index in [-0.39, 0.29) is 5.60 Å². The Morgan fingerprint density at radius 1 is 1.70 bits per heavy atom. The zero-order valence-corrected chi connectivity index (χ0v) is 6.42. The molecule has 0 spiro atoms. The topological polar surface area (TPSA) is 12.5 Å². The van der Waals surface area contributed by atoms with Crippen LogP contribution in [0.3, 0.4) is 0 Å². The second kappa shape index (κ2) is 1.73. The average Bonchev–Trinajstić information content (AvgIpc) is 2.59. The van der Waals surface area contributed by atoms with Crippen LogP contribution in [-0.2, 0) is 4.74 Å². The van der Waals surface area contributed by atoms with Gasteiger partial charge in [-0.2, -0.15) is 0 Å². The first kappa shape index (κ1) is 6.17. The zero-order valence-electron chi connectivity index (χ0n) is 6.42. The lowest BCUT2D eigenvalue weighted by Gasteiger charge is -2.03. The molecule has 0 amide bonds. The summed E-state index contributed by atoms with van der Waals surface area (Å²) < 4.78 is 5.43. The van der Waals surface area contributed by atoms with Crippen LogP contribution in [0.1, 0.15) is 20.3 Å². The van der Waals surface area contributed by atoms with Gasteiger partial charge in [0.1, 0.15) is 11.7 Å². The van der Waals surface area contributed by atoms with Crippen molar-refractivity contribution in [2.75, 3.05) is 0 Å². The van der Waals surface area contributed by atoms with Crippen molar-refractivity contribution in [3.63, 3.8) is 0 Å². The van der Waals surface area contributed by atoms with Gasteiger partial charge in [0.2, 0.25) is 0 Å². The Morgan fingerprint density at radius 3 is 3.10 bits per heavy atom. The molecule has 54 valence electrons. The minimum atomic E-state index is 0.0681. The van der Waals surface area contributed by atoms with Gasteiger partial charge in [-0.1, -0.05) is 13.0 Å². The molecule has 0 aromatic carbocycles. The fourth-order valence-corrected chi connectivity index (χ4v) is 1.33. The summed E-state index contributed by atoms with van der Waals surface area (Å²) in [5.41, 5.74) is 1.47. The molecule has 1 heterocycles. The molecule has 1 heteroatoms. The van der Waals surface area contributed by atoms with Crippen LogP contribution < -0.4 is 0 Å². The monoisotopic (exact) mass is 136 g/mol. The molecule has 1 nitrogen and oxygen atoms in total. The molecular weight excluding hydrogens is 124 g/mol. The summed E-state index contributed by atoms with van der Waals surface area (Å²) in [7, 11) is 0. The van der Waals surface area contributed by atoms with E-state index >= 15 is 0 Å². The molecule has 1 saturated heterocycles. The van der Waals surface area contributed by atoms with Crippen molar-refractivity contribution in [3.05, 3.63) is 23.8 Å². The van der Waals surface area contributed by atoms with Gasteiger partial charge in [0.25, 0.3) is 0 Å². The smallest absolute Gasteiger partial charge is 0.114 e. The fourth-order valence-electron chi connectivity index (χ4n) is 1.33. The summed E-state index contributed by atoms with van der Waals surface area (Å²) in [6.45, 7) is 4.29. The van der Waals surface area contributed by atoms with Crippen molar-refractivity contribution in [1.82, 2.24) is 0 Å². The minimum Gasteiger partial charge on any atom is -0.357 e. The first-order chi connectivity index (χ1) is 4.74. The Bertz CT molecular complexity index is 215. The van der Waals surface area contributed by atoms with Gasteiger partial charge < -0.3 is 4.74 Å². The van der Waals surface area contributed by atoms with Crippen LogP contribution in [0.25, 0.3) is 0 Å². The normalized spacial score (nSPS) is 42.6. The Labute approximate surface area is 61.4 Å². The van der Waals surface area contributed by atoms with Crippen LogP contribution >= 0.6 is 0 Å². The van der Waals surface area contributed by atoms with Crippen LogP contribution in [0.5, 0.6) is 0 Å². The van der Waals surface area contributed by atoms with E-state index in [2.05, 4.69) is 32.1 Å². The van der Waals surface area contributed by atoms with Gasteiger partial charge in [0, 0.05) is 0 Å². The number of hydrogen-bond donors (Lipinski definition) is 0. The van der Waals surface area contributed by atoms with Crippen molar-refractivity contribution < 1.29 is 4.74 Å². The third-order valence-electron chi connectivity index (χ3n) is 2.29. The van der Waals surface area contributed by atoms with Gasteiger partial charge >= 0.3 is 0 Å². The second-order valence-corrected chi connectivity index (χ2v) is 3.15. The number of allylic oxidation sites excluding steroid dienone is 2. The van der Waals surface area contributed by atoms with Crippen LogP contribution in [0.4, 0.5) is 0 Å². The maximum atomic E-state index is 5.43. The van der Waals surface area contributed by atoms with Gasteiger partial charge in [0.05, 0.1) is 0 Å². The zero-order chi connectivity index (χ0) is 7.19. The fraction of sp³-hybridized carbons (Fsp3) is 0.556. The quantitative estimate of drug-likeness (QED) is 0.502. The molecule has 10 heavy (non-hydrogen) atoms. The van der Waals surface area contributed by atoms with E-state index in [4.69, 9.17) is 4.74 Å². The summed E-state index contributed by atoms with van der Waals surface area (Å²) in [5, 5.41) is 0. The highest BCUT2D eigenvalue weighted by atomic mass is 16.6. The molecule has 1 fully saturated rings. The molecule has 2 atom stereocenters. The minimum absolute atomic E-state index is 0.0681. The summed E-state index contributed by atoms with van der Waals surface area (Å²) in [5.74, 6) is 0. The van der Waals surface area contributed by atoms with E-state index in [0.717, 1.165) is 6.42 Å². The third kappa shape index (κ3) is 0.739. The van der Waals surface area contributed by atoms with Gasteiger partial charge in [-0.05, 0) is 31.1 Å². The summed E-state index contributed by atoms with van der Waals surface area (Å²) in [4.78, 5) is 0. The maximum absolute atomic E-state index is 5.43. The number of ether oxygens (including phenoxy) is 1. The largest absolute Gasteiger partial charge is 0.357 e. The van der Waals surface area contributed by atoms with Crippen molar-refractivity contribution in [3.8, 4) is 0 Å². The van der Waals surface area contributed by atoms with Crippen LogP contribution in [0.2, 0.25) is 0 Å². The Hall–Kier alpha value is -0.560. The predicted octanol–water partition coefficient (Wildman–Crippen LogP) is 2.05. The molecule has 0 radical (unpaired) electrons. The molecule has 0 N–H and O–H groups in total. The van der Waals surface area contributed by atoms with Gasteiger partial charge in [-0.15, -0.1) is 0 Å². The molecule has 0 aromatic heterocycles. The van der Waals surface area contributed by atoms with Crippen molar-refractivity contribution in [2.24, 2.45) is 0 Å². The molecule has 2 unspecified atom stereocenters. The molecule has 2 aliphatic rings. The maximum Gasteiger partial charge on any atom is 0.114 e. The van der Waals surface area contributed by atoms with Crippen molar-refractivity contribution >= 4 is 0 Å².